The van der Waals surface area contributed by atoms with Crippen LogP contribution in [0.2, 0.25) is 0 Å². The molecule has 0 bridgehead atoms. The summed E-state index contributed by atoms with van der Waals surface area (Å²) in [7, 11) is 0. The predicted molar refractivity (Wildman–Crippen MR) is 80.7 cm³/mol. The lowest BCUT2D eigenvalue weighted by Crippen LogP contribution is -2.18. The molecule has 2 heterocycles. The number of nitrogens with zero attached hydrogens (tertiary/aromatic N) is 1. The van der Waals surface area contributed by atoms with Gasteiger partial charge in [-0.05, 0) is 43.9 Å². The van der Waals surface area contributed by atoms with Gasteiger partial charge in [-0.2, -0.15) is 0 Å². The molecule has 0 spiro atoms. The highest BCUT2D eigenvalue weighted by atomic mass is 32.2. The van der Waals surface area contributed by atoms with Gasteiger partial charge < -0.3 is 10.1 Å². The summed E-state index contributed by atoms with van der Waals surface area (Å²) in [5.41, 5.74) is 2.58. The van der Waals surface area contributed by atoms with Gasteiger partial charge in [-0.1, -0.05) is 13.0 Å². The molecule has 3 nitrogen and oxygen atoms in total. The maximum absolute atomic E-state index is 5.40. The number of thioether (sulfide) groups is 1. The summed E-state index contributed by atoms with van der Waals surface area (Å²) >= 11 is 1.92. The first-order valence-corrected chi connectivity index (χ1v) is 8.08. The quantitative estimate of drug-likeness (QED) is 0.812. The number of pyridine rings is 1. The van der Waals surface area contributed by atoms with E-state index in [4.69, 9.17) is 4.74 Å². The van der Waals surface area contributed by atoms with Crippen LogP contribution in [0.5, 0.6) is 0 Å². The number of nitrogens with one attached hydrogen (secondary N) is 1. The van der Waals surface area contributed by atoms with Gasteiger partial charge in [0.05, 0.1) is 5.03 Å². The minimum absolute atomic E-state index is 0.670. The Morgan fingerprint density at radius 2 is 2.21 bits per heavy atom. The van der Waals surface area contributed by atoms with Crippen molar-refractivity contribution in [3.63, 3.8) is 0 Å². The van der Waals surface area contributed by atoms with Crippen LogP contribution in [0, 0.1) is 6.92 Å². The zero-order chi connectivity index (χ0) is 13.5. The topological polar surface area (TPSA) is 34.2 Å². The molecule has 0 saturated carbocycles. The highest BCUT2D eigenvalue weighted by Gasteiger charge is 2.16. The van der Waals surface area contributed by atoms with Crippen LogP contribution in [-0.4, -0.2) is 30.0 Å². The molecule has 19 heavy (non-hydrogen) atoms. The molecule has 1 aliphatic heterocycles. The van der Waals surface area contributed by atoms with Crippen molar-refractivity contribution in [2.75, 3.05) is 19.8 Å². The second-order valence-corrected chi connectivity index (χ2v) is 6.36. The second-order valence-electron chi connectivity index (χ2n) is 5.07. The summed E-state index contributed by atoms with van der Waals surface area (Å²) in [5, 5.41) is 5.27. The number of hydrogen-bond acceptors (Lipinski definition) is 4. The van der Waals surface area contributed by atoms with Crippen molar-refractivity contribution < 1.29 is 4.74 Å². The van der Waals surface area contributed by atoms with Gasteiger partial charge in [0, 0.05) is 31.2 Å². The standard InChI is InChI=1S/C15H24N2OS/c1-3-6-16-10-13-9-12(2)15(17-11-13)19-14-4-7-18-8-5-14/h9,11,14,16H,3-8,10H2,1-2H3. The lowest BCUT2D eigenvalue weighted by Gasteiger charge is -2.21. The molecule has 0 aromatic carbocycles. The van der Waals surface area contributed by atoms with Crippen molar-refractivity contribution in [3.05, 3.63) is 23.4 Å². The minimum atomic E-state index is 0.670. The van der Waals surface area contributed by atoms with Gasteiger partial charge in [-0.3, -0.25) is 0 Å². The van der Waals surface area contributed by atoms with Crippen LogP contribution in [0.4, 0.5) is 0 Å². The summed E-state index contributed by atoms with van der Waals surface area (Å²) in [6.07, 6.45) is 5.47. The fraction of sp³-hybridized carbons (Fsp3) is 0.667. The Kier molecular flexibility index (Phi) is 6.14. The van der Waals surface area contributed by atoms with E-state index in [1.165, 1.54) is 22.6 Å². The Morgan fingerprint density at radius 3 is 2.89 bits per heavy atom. The molecular weight excluding hydrogens is 256 g/mol. The number of ether oxygens (including phenoxy) is 1. The van der Waals surface area contributed by atoms with Gasteiger partial charge in [0.1, 0.15) is 0 Å². The Balaban J connectivity index is 1.90. The van der Waals surface area contributed by atoms with E-state index in [2.05, 4.69) is 30.2 Å². The van der Waals surface area contributed by atoms with Crippen LogP contribution in [-0.2, 0) is 11.3 Å². The molecule has 1 aromatic rings. The molecule has 1 fully saturated rings. The van der Waals surface area contributed by atoms with Crippen molar-refractivity contribution in [2.45, 2.75) is 49.9 Å². The Bertz CT molecular complexity index is 392. The first-order valence-electron chi connectivity index (χ1n) is 7.20. The van der Waals surface area contributed by atoms with Crippen molar-refractivity contribution in [1.82, 2.24) is 10.3 Å². The van der Waals surface area contributed by atoms with Crippen LogP contribution in [0.3, 0.4) is 0 Å². The van der Waals surface area contributed by atoms with E-state index < -0.39 is 0 Å². The van der Waals surface area contributed by atoms with Crippen molar-refractivity contribution >= 4 is 11.8 Å². The van der Waals surface area contributed by atoms with E-state index in [9.17, 15) is 0 Å². The molecule has 0 radical (unpaired) electrons. The lowest BCUT2D eigenvalue weighted by atomic mass is 10.2. The number of hydrogen-bond donors (Lipinski definition) is 1. The van der Waals surface area contributed by atoms with Gasteiger partial charge in [0.25, 0.3) is 0 Å². The monoisotopic (exact) mass is 280 g/mol. The maximum Gasteiger partial charge on any atom is 0.0991 e. The highest BCUT2D eigenvalue weighted by Crippen LogP contribution is 2.30. The molecule has 106 valence electrons. The Morgan fingerprint density at radius 1 is 1.42 bits per heavy atom. The molecule has 0 unspecified atom stereocenters. The van der Waals surface area contributed by atoms with E-state index in [0.29, 0.717) is 5.25 Å². The molecule has 0 aliphatic carbocycles. The van der Waals surface area contributed by atoms with Crippen LogP contribution >= 0.6 is 11.8 Å². The molecule has 1 aromatic heterocycles. The van der Waals surface area contributed by atoms with E-state index >= 15 is 0 Å². The van der Waals surface area contributed by atoms with Crippen LogP contribution < -0.4 is 5.32 Å². The van der Waals surface area contributed by atoms with Gasteiger partial charge in [0.2, 0.25) is 0 Å². The summed E-state index contributed by atoms with van der Waals surface area (Å²) in [4.78, 5) is 4.63. The Hall–Kier alpha value is -0.580. The third-order valence-corrected chi connectivity index (χ3v) is 4.74. The zero-order valence-corrected chi connectivity index (χ0v) is 12.8. The van der Waals surface area contributed by atoms with E-state index in [1.54, 1.807) is 0 Å². The lowest BCUT2D eigenvalue weighted by molar-refractivity contribution is 0.1000. The normalized spacial score (nSPS) is 16.7. The third-order valence-electron chi connectivity index (χ3n) is 3.29. The SMILES string of the molecule is CCCNCc1cnc(SC2CCOCC2)c(C)c1. The van der Waals surface area contributed by atoms with Gasteiger partial charge in [0.15, 0.2) is 0 Å². The predicted octanol–water partition coefficient (Wildman–Crippen LogP) is 3.16. The van der Waals surface area contributed by atoms with Gasteiger partial charge >= 0.3 is 0 Å². The highest BCUT2D eigenvalue weighted by molar-refractivity contribution is 7.99. The smallest absolute Gasteiger partial charge is 0.0991 e. The van der Waals surface area contributed by atoms with E-state index in [0.717, 1.165) is 39.1 Å². The third kappa shape index (κ3) is 4.79. The second kappa shape index (κ2) is 7.88. The summed E-state index contributed by atoms with van der Waals surface area (Å²) in [6.45, 7) is 8.13. The molecule has 2 rings (SSSR count). The Labute approximate surface area is 120 Å². The molecule has 0 atom stereocenters. The molecule has 4 heteroatoms. The minimum Gasteiger partial charge on any atom is -0.381 e. The molecular formula is C15H24N2OS. The van der Waals surface area contributed by atoms with Crippen molar-refractivity contribution in [3.8, 4) is 0 Å². The summed E-state index contributed by atoms with van der Waals surface area (Å²) < 4.78 is 5.40. The molecule has 0 amide bonds. The van der Waals surface area contributed by atoms with Gasteiger partial charge in [-0.25, -0.2) is 4.98 Å². The molecule has 1 saturated heterocycles. The van der Waals surface area contributed by atoms with Gasteiger partial charge in [-0.15, -0.1) is 11.8 Å². The largest absolute Gasteiger partial charge is 0.381 e. The fourth-order valence-electron chi connectivity index (χ4n) is 2.20. The molecule has 1 N–H and O–H groups in total. The van der Waals surface area contributed by atoms with E-state index in [1.807, 2.05) is 18.0 Å². The average molecular weight is 280 g/mol. The van der Waals surface area contributed by atoms with Crippen LogP contribution in [0.1, 0.15) is 37.3 Å². The first-order chi connectivity index (χ1) is 9.29. The van der Waals surface area contributed by atoms with Crippen molar-refractivity contribution in [2.24, 2.45) is 0 Å². The summed E-state index contributed by atoms with van der Waals surface area (Å²) in [5.74, 6) is 0. The number of aryl methyl sites for hydroxylation is 1. The fourth-order valence-corrected chi connectivity index (χ4v) is 3.30. The van der Waals surface area contributed by atoms with Crippen molar-refractivity contribution in [1.29, 1.82) is 0 Å². The average Bonchev–Trinajstić information content (AvgIpc) is 2.43. The van der Waals surface area contributed by atoms with Crippen LogP contribution in [0.25, 0.3) is 0 Å². The first kappa shape index (κ1) is 14.8. The molecule has 1 aliphatic rings. The number of rotatable bonds is 6. The van der Waals surface area contributed by atoms with Crippen LogP contribution in [0.15, 0.2) is 17.3 Å². The number of aromatic nitrogens is 1. The maximum atomic E-state index is 5.40. The van der Waals surface area contributed by atoms with E-state index in [-0.39, 0.29) is 0 Å². The summed E-state index contributed by atoms with van der Waals surface area (Å²) in [6, 6.07) is 2.26. The zero-order valence-electron chi connectivity index (χ0n) is 11.9.